The van der Waals surface area contributed by atoms with Crippen LogP contribution >= 0.6 is 0 Å². The molecule has 0 aliphatic heterocycles. The third-order valence-corrected chi connectivity index (χ3v) is 2.99. The van der Waals surface area contributed by atoms with Gasteiger partial charge in [0, 0.05) is 5.56 Å². The van der Waals surface area contributed by atoms with Crippen LogP contribution in [-0.4, -0.2) is 25.3 Å². The Morgan fingerprint density at radius 3 is 2.83 bits per heavy atom. The van der Waals surface area contributed by atoms with E-state index in [2.05, 4.69) is 15.3 Å². The average Bonchev–Trinajstić information content (AvgIpc) is 2.96. The number of alkyl halides is 2. The van der Waals surface area contributed by atoms with Crippen LogP contribution in [0.25, 0.3) is 0 Å². The number of halogens is 2. The molecule has 0 atom stereocenters. The first-order valence-electron chi connectivity index (χ1n) is 7.11. The number of nitrogens with one attached hydrogen (secondary N) is 1. The van der Waals surface area contributed by atoms with Crippen molar-refractivity contribution >= 4 is 12.1 Å². The molecule has 0 radical (unpaired) electrons. The molecule has 1 heterocycles. The average molecular weight is 338 g/mol. The van der Waals surface area contributed by atoms with Crippen LogP contribution in [0.3, 0.4) is 0 Å². The Balaban J connectivity index is 2.17. The van der Waals surface area contributed by atoms with E-state index in [4.69, 9.17) is 9.15 Å². The quantitative estimate of drug-likeness (QED) is 0.621. The van der Waals surface area contributed by atoms with Crippen molar-refractivity contribution in [1.82, 2.24) is 5.43 Å². The van der Waals surface area contributed by atoms with Crippen molar-refractivity contribution in [3.63, 3.8) is 0 Å². The summed E-state index contributed by atoms with van der Waals surface area (Å²) in [5.74, 6) is -0.0110. The second-order valence-electron chi connectivity index (χ2n) is 4.58. The Kier molecular flexibility index (Phi) is 5.89. The number of ether oxygens (including phenoxy) is 2. The molecule has 1 N–H and O–H groups in total. The van der Waals surface area contributed by atoms with Gasteiger partial charge in [0.1, 0.15) is 5.76 Å². The predicted octanol–water partition coefficient (Wildman–Crippen LogP) is 3.35. The van der Waals surface area contributed by atoms with Crippen LogP contribution in [0.15, 0.2) is 40.0 Å². The molecule has 1 aromatic heterocycles. The summed E-state index contributed by atoms with van der Waals surface area (Å²) in [5.41, 5.74) is 2.87. The number of carbonyl (C=O) groups excluding carboxylic acids is 1. The lowest BCUT2D eigenvalue weighted by molar-refractivity contribution is -0.0515. The number of amides is 1. The molecular weight excluding hydrogens is 322 g/mol. The van der Waals surface area contributed by atoms with Crippen molar-refractivity contribution < 1.29 is 27.5 Å². The number of furan rings is 1. The molecule has 24 heavy (non-hydrogen) atoms. The van der Waals surface area contributed by atoms with Gasteiger partial charge in [0.2, 0.25) is 0 Å². The Hall–Kier alpha value is -2.90. The highest BCUT2D eigenvalue weighted by molar-refractivity contribution is 5.96. The number of carbonyl (C=O) groups is 1. The maximum atomic E-state index is 12.6. The number of rotatable bonds is 7. The summed E-state index contributed by atoms with van der Waals surface area (Å²) in [6, 6.07) is 6.12. The molecule has 0 aliphatic carbocycles. The molecule has 8 heteroatoms. The SMILES string of the molecule is CCOc1cccc(/C=N\NC(=O)c2ccoc2C)c1OC(F)F. The molecule has 0 fully saturated rings. The molecule has 1 aromatic carbocycles. The van der Waals surface area contributed by atoms with E-state index >= 15 is 0 Å². The van der Waals surface area contributed by atoms with Gasteiger partial charge in [0.25, 0.3) is 5.91 Å². The molecule has 1 amide bonds. The van der Waals surface area contributed by atoms with Gasteiger partial charge in [-0.2, -0.15) is 13.9 Å². The van der Waals surface area contributed by atoms with Crippen LogP contribution in [0.1, 0.15) is 28.6 Å². The number of aryl methyl sites for hydroxylation is 1. The molecule has 128 valence electrons. The molecule has 2 rings (SSSR count). The normalized spacial score (nSPS) is 11.0. The van der Waals surface area contributed by atoms with Crippen LogP contribution in [-0.2, 0) is 0 Å². The topological polar surface area (TPSA) is 73.1 Å². The van der Waals surface area contributed by atoms with Gasteiger partial charge in [-0.25, -0.2) is 5.43 Å². The minimum Gasteiger partial charge on any atom is -0.490 e. The molecule has 0 saturated carbocycles. The van der Waals surface area contributed by atoms with Gasteiger partial charge >= 0.3 is 6.61 Å². The molecule has 0 bridgehead atoms. The molecule has 0 unspecified atom stereocenters. The summed E-state index contributed by atoms with van der Waals surface area (Å²) in [6.45, 7) is 0.637. The minimum absolute atomic E-state index is 0.146. The van der Waals surface area contributed by atoms with Crippen molar-refractivity contribution in [2.24, 2.45) is 5.10 Å². The Labute approximate surface area is 137 Å². The van der Waals surface area contributed by atoms with Gasteiger partial charge < -0.3 is 13.9 Å². The number of hydrazone groups is 1. The lowest BCUT2D eigenvalue weighted by Gasteiger charge is -2.13. The maximum Gasteiger partial charge on any atom is 0.387 e. The van der Waals surface area contributed by atoms with Gasteiger partial charge in [0.05, 0.1) is 24.6 Å². The number of para-hydroxylation sites is 1. The monoisotopic (exact) mass is 338 g/mol. The molecule has 2 aromatic rings. The molecule has 0 saturated heterocycles. The highest BCUT2D eigenvalue weighted by Crippen LogP contribution is 2.31. The molecule has 0 spiro atoms. The van der Waals surface area contributed by atoms with Gasteiger partial charge in [-0.15, -0.1) is 0 Å². The Morgan fingerprint density at radius 2 is 2.21 bits per heavy atom. The minimum atomic E-state index is -3.01. The summed E-state index contributed by atoms with van der Waals surface area (Å²) in [7, 11) is 0. The zero-order valence-electron chi connectivity index (χ0n) is 13.1. The predicted molar refractivity (Wildman–Crippen MR) is 82.7 cm³/mol. The van der Waals surface area contributed by atoms with Crippen molar-refractivity contribution in [2.45, 2.75) is 20.5 Å². The van der Waals surface area contributed by atoms with Crippen molar-refractivity contribution in [3.8, 4) is 11.5 Å². The second kappa shape index (κ2) is 8.09. The van der Waals surface area contributed by atoms with E-state index < -0.39 is 12.5 Å². The Bertz CT molecular complexity index is 729. The second-order valence-corrected chi connectivity index (χ2v) is 4.58. The van der Waals surface area contributed by atoms with Crippen LogP contribution in [0.5, 0.6) is 11.5 Å². The third kappa shape index (κ3) is 4.31. The number of nitrogens with zero attached hydrogens (tertiary/aromatic N) is 1. The first-order valence-corrected chi connectivity index (χ1v) is 7.11. The highest BCUT2D eigenvalue weighted by atomic mass is 19.3. The number of hydrogen-bond donors (Lipinski definition) is 1. The highest BCUT2D eigenvalue weighted by Gasteiger charge is 2.15. The van der Waals surface area contributed by atoms with Crippen LogP contribution < -0.4 is 14.9 Å². The zero-order chi connectivity index (χ0) is 17.5. The van der Waals surface area contributed by atoms with E-state index in [0.717, 1.165) is 0 Å². The fourth-order valence-electron chi connectivity index (χ4n) is 1.96. The van der Waals surface area contributed by atoms with E-state index in [1.54, 1.807) is 19.9 Å². The summed E-state index contributed by atoms with van der Waals surface area (Å²) in [5, 5.41) is 3.76. The number of hydrogen-bond acceptors (Lipinski definition) is 5. The third-order valence-electron chi connectivity index (χ3n) is 2.99. The summed E-state index contributed by atoms with van der Waals surface area (Å²) >= 11 is 0. The van der Waals surface area contributed by atoms with E-state index in [0.29, 0.717) is 11.3 Å². The van der Waals surface area contributed by atoms with Gasteiger partial charge in [0.15, 0.2) is 11.5 Å². The molecule has 6 nitrogen and oxygen atoms in total. The van der Waals surface area contributed by atoms with E-state index in [1.165, 1.54) is 30.7 Å². The molecular formula is C16H16F2N2O4. The van der Waals surface area contributed by atoms with Crippen molar-refractivity contribution in [3.05, 3.63) is 47.4 Å². The summed E-state index contributed by atoms with van der Waals surface area (Å²) in [4.78, 5) is 11.9. The van der Waals surface area contributed by atoms with Gasteiger partial charge in [-0.05, 0) is 32.0 Å². The van der Waals surface area contributed by atoms with Crippen LogP contribution in [0.2, 0.25) is 0 Å². The lowest BCUT2D eigenvalue weighted by atomic mass is 10.2. The smallest absolute Gasteiger partial charge is 0.387 e. The fourth-order valence-corrected chi connectivity index (χ4v) is 1.96. The van der Waals surface area contributed by atoms with Crippen molar-refractivity contribution in [1.29, 1.82) is 0 Å². The van der Waals surface area contributed by atoms with E-state index in [9.17, 15) is 13.6 Å². The lowest BCUT2D eigenvalue weighted by Crippen LogP contribution is -2.18. The Morgan fingerprint density at radius 1 is 1.42 bits per heavy atom. The van der Waals surface area contributed by atoms with Gasteiger partial charge in [-0.3, -0.25) is 4.79 Å². The first kappa shape index (κ1) is 17.5. The first-order chi connectivity index (χ1) is 11.5. The van der Waals surface area contributed by atoms with Crippen molar-refractivity contribution in [2.75, 3.05) is 6.61 Å². The van der Waals surface area contributed by atoms with E-state index in [-0.39, 0.29) is 23.7 Å². The van der Waals surface area contributed by atoms with Gasteiger partial charge in [-0.1, -0.05) is 6.07 Å². The van der Waals surface area contributed by atoms with Crippen LogP contribution in [0.4, 0.5) is 8.78 Å². The molecule has 0 aliphatic rings. The van der Waals surface area contributed by atoms with E-state index in [1.807, 2.05) is 0 Å². The van der Waals surface area contributed by atoms with Crippen LogP contribution in [0, 0.1) is 6.92 Å². The summed E-state index contributed by atoms with van der Waals surface area (Å²) < 4.78 is 40.0. The largest absolute Gasteiger partial charge is 0.490 e. The number of benzene rings is 1. The maximum absolute atomic E-state index is 12.6. The fraction of sp³-hybridized carbons (Fsp3) is 0.250. The standard InChI is InChI=1S/C16H16F2N2O4/c1-3-22-13-6-4-5-11(14(13)24-16(17)18)9-19-20-15(21)12-7-8-23-10(12)2/h4-9,16H,3H2,1-2H3,(H,20,21)/b19-9-. The summed E-state index contributed by atoms with van der Waals surface area (Å²) in [6.07, 6.45) is 2.58. The zero-order valence-corrected chi connectivity index (χ0v) is 13.1.